The fraction of sp³-hybridized carbons (Fsp3) is 0.333. The maximum atomic E-state index is 5.19. The van der Waals surface area contributed by atoms with Crippen molar-refractivity contribution in [2.45, 2.75) is 18.8 Å². The molecule has 14 heavy (non-hydrogen) atoms. The number of H-pyrrole nitrogens is 1. The Balaban J connectivity index is 2.12. The molecule has 2 aromatic rings. The van der Waals surface area contributed by atoms with Gasteiger partial charge in [0.05, 0.1) is 7.11 Å². The summed E-state index contributed by atoms with van der Waals surface area (Å²) >= 11 is 0. The summed E-state index contributed by atoms with van der Waals surface area (Å²) in [7, 11) is 1.70. The topological polar surface area (TPSA) is 25.0 Å². The van der Waals surface area contributed by atoms with Crippen LogP contribution in [0.4, 0.5) is 0 Å². The molecule has 1 saturated carbocycles. The monoisotopic (exact) mass is 187 g/mol. The maximum Gasteiger partial charge on any atom is 0.119 e. The highest BCUT2D eigenvalue weighted by atomic mass is 16.5. The number of aromatic amines is 1. The van der Waals surface area contributed by atoms with Crippen molar-refractivity contribution in [1.29, 1.82) is 0 Å². The van der Waals surface area contributed by atoms with Crippen LogP contribution in [0.3, 0.4) is 0 Å². The number of aromatic nitrogens is 1. The first kappa shape index (κ1) is 7.92. The van der Waals surface area contributed by atoms with Crippen LogP contribution in [0.2, 0.25) is 0 Å². The Kier molecular flexibility index (Phi) is 1.57. The number of rotatable bonds is 2. The highest BCUT2D eigenvalue weighted by molar-refractivity contribution is 5.82. The molecule has 1 fully saturated rings. The van der Waals surface area contributed by atoms with E-state index >= 15 is 0 Å². The van der Waals surface area contributed by atoms with Crippen molar-refractivity contribution in [2.24, 2.45) is 0 Å². The fourth-order valence-electron chi connectivity index (χ4n) is 1.87. The van der Waals surface area contributed by atoms with Gasteiger partial charge in [-0.1, -0.05) is 0 Å². The molecule has 0 saturated heterocycles. The van der Waals surface area contributed by atoms with Gasteiger partial charge in [0.2, 0.25) is 0 Å². The smallest absolute Gasteiger partial charge is 0.119 e. The summed E-state index contributed by atoms with van der Waals surface area (Å²) in [5.41, 5.74) is 2.60. The van der Waals surface area contributed by atoms with Crippen LogP contribution in [0.15, 0.2) is 24.3 Å². The van der Waals surface area contributed by atoms with Gasteiger partial charge in [-0.3, -0.25) is 0 Å². The molecule has 1 N–H and O–H groups in total. The molecule has 0 unspecified atom stereocenters. The minimum absolute atomic E-state index is 0.786. The van der Waals surface area contributed by atoms with E-state index in [2.05, 4.69) is 23.2 Å². The Hall–Kier alpha value is -1.44. The molecule has 1 aromatic carbocycles. The van der Waals surface area contributed by atoms with Crippen molar-refractivity contribution in [3.63, 3.8) is 0 Å². The van der Waals surface area contributed by atoms with Crippen molar-refractivity contribution >= 4 is 10.9 Å². The molecule has 0 aliphatic heterocycles. The lowest BCUT2D eigenvalue weighted by atomic mass is 10.2. The second-order valence-corrected chi connectivity index (χ2v) is 3.95. The predicted octanol–water partition coefficient (Wildman–Crippen LogP) is 3.05. The zero-order valence-electron chi connectivity index (χ0n) is 8.21. The van der Waals surface area contributed by atoms with Gasteiger partial charge in [0.15, 0.2) is 0 Å². The maximum absolute atomic E-state index is 5.19. The molecule has 2 heteroatoms. The minimum Gasteiger partial charge on any atom is -0.497 e. The Labute approximate surface area is 82.9 Å². The lowest BCUT2D eigenvalue weighted by Gasteiger charge is -1.97. The van der Waals surface area contributed by atoms with E-state index in [4.69, 9.17) is 4.74 Å². The number of benzene rings is 1. The largest absolute Gasteiger partial charge is 0.497 e. The van der Waals surface area contributed by atoms with Crippen LogP contribution >= 0.6 is 0 Å². The van der Waals surface area contributed by atoms with Gasteiger partial charge in [0, 0.05) is 16.6 Å². The SMILES string of the molecule is COc1ccc2[nH]c(C3CC3)cc2c1. The second-order valence-electron chi connectivity index (χ2n) is 3.95. The van der Waals surface area contributed by atoms with Crippen LogP contribution in [-0.2, 0) is 0 Å². The number of nitrogens with one attached hydrogen (secondary N) is 1. The van der Waals surface area contributed by atoms with Crippen molar-refractivity contribution in [3.8, 4) is 5.75 Å². The molecule has 0 amide bonds. The van der Waals surface area contributed by atoms with Gasteiger partial charge in [-0.15, -0.1) is 0 Å². The summed E-state index contributed by atoms with van der Waals surface area (Å²) in [4.78, 5) is 3.45. The van der Waals surface area contributed by atoms with Crippen LogP contribution in [0.5, 0.6) is 5.75 Å². The highest BCUT2D eigenvalue weighted by Gasteiger charge is 2.24. The van der Waals surface area contributed by atoms with Crippen LogP contribution in [0.25, 0.3) is 10.9 Å². The van der Waals surface area contributed by atoms with E-state index in [1.165, 1.54) is 29.4 Å². The molecule has 0 radical (unpaired) electrons. The molecule has 1 aliphatic carbocycles. The molecule has 1 heterocycles. The summed E-state index contributed by atoms with van der Waals surface area (Å²) in [6, 6.07) is 8.41. The summed E-state index contributed by atoms with van der Waals surface area (Å²) in [5.74, 6) is 1.72. The highest BCUT2D eigenvalue weighted by Crippen LogP contribution is 2.40. The third-order valence-electron chi connectivity index (χ3n) is 2.87. The summed E-state index contributed by atoms with van der Waals surface area (Å²) < 4.78 is 5.19. The van der Waals surface area contributed by atoms with E-state index in [1.54, 1.807) is 7.11 Å². The average Bonchev–Trinajstić information content (AvgIpc) is 2.97. The Morgan fingerprint density at radius 2 is 2.14 bits per heavy atom. The number of methoxy groups -OCH3 is 1. The van der Waals surface area contributed by atoms with Crippen LogP contribution in [0, 0.1) is 0 Å². The van der Waals surface area contributed by atoms with Gasteiger partial charge >= 0.3 is 0 Å². The van der Waals surface area contributed by atoms with Gasteiger partial charge in [-0.05, 0) is 43.0 Å². The minimum atomic E-state index is 0.786. The standard InChI is InChI=1S/C12H13NO/c1-14-10-4-5-11-9(6-10)7-12(13-11)8-2-3-8/h4-8,13H,2-3H2,1H3. The van der Waals surface area contributed by atoms with E-state index in [0.29, 0.717) is 0 Å². The summed E-state index contributed by atoms with van der Waals surface area (Å²) in [5, 5.41) is 1.26. The third-order valence-corrected chi connectivity index (χ3v) is 2.87. The first-order valence-electron chi connectivity index (χ1n) is 5.03. The van der Waals surface area contributed by atoms with Gasteiger partial charge in [-0.25, -0.2) is 0 Å². The van der Waals surface area contributed by atoms with Crippen molar-refractivity contribution in [3.05, 3.63) is 30.0 Å². The molecular formula is C12H13NO. The zero-order valence-corrected chi connectivity index (χ0v) is 8.21. The number of ether oxygens (including phenoxy) is 1. The molecule has 1 aliphatic rings. The van der Waals surface area contributed by atoms with Crippen LogP contribution < -0.4 is 4.74 Å². The molecule has 0 spiro atoms. The first-order valence-corrected chi connectivity index (χ1v) is 5.03. The molecule has 2 nitrogen and oxygen atoms in total. The second kappa shape index (κ2) is 2.77. The van der Waals surface area contributed by atoms with E-state index < -0.39 is 0 Å². The van der Waals surface area contributed by atoms with Gasteiger partial charge in [-0.2, -0.15) is 0 Å². The molecule has 72 valence electrons. The van der Waals surface area contributed by atoms with Crippen molar-refractivity contribution < 1.29 is 4.74 Å². The average molecular weight is 187 g/mol. The van der Waals surface area contributed by atoms with Gasteiger partial charge in [0.25, 0.3) is 0 Å². The fourth-order valence-corrected chi connectivity index (χ4v) is 1.87. The Bertz CT molecular complexity index is 468. The lowest BCUT2D eigenvalue weighted by molar-refractivity contribution is 0.415. The predicted molar refractivity (Wildman–Crippen MR) is 56.8 cm³/mol. The summed E-state index contributed by atoms with van der Waals surface area (Å²) in [6.45, 7) is 0. The normalized spacial score (nSPS) is 16.1. The third kappa shape index (κ3) is 1.18. The van der Waals surface area contributed by atoms with E-state index in [9.17, 15) is 0 Å². The molecule has 0 atom stereocenters. The molecule has 1 aromatic heterocycles. The summed E-state index contributed by atoms with van der Waals surface area (Å²) in [6.07, 6.45) is 2.67. The van der Waals surface area contributed by atoms with Crippen LogP contribution in [0.1, 0.15) is 24.5 Å². The van der Waals surface area contributed by atoms with E-state index in [-0.39, 0.29) is 0 Å². The Morgan fingerprint density at radius 1 is 1.29 bits per heavy atom. The molecule has 3 rings (SSSR count). The number of hydrogen-bond donors (Lipinski definition) is 1. The first-order chi connectivity index (χ1) is 6.86. The zero-order chi connectivity index (χ0) is 9.54. The Morgan fingerprint density at radius 3 is 2.86 bits per heavy atom. The quantitative estimate of drug-likeness (QED) is 0.768. The lowest BCUT2D eigenvalue weighted by Crippen LogP contribution is -1.80. The van der Waals surface area contributed by atoms with Crippen LogP contribution in [-0.4, -0.2) is 12.1 Å². The number of fused-ring (bicyclic) bond motifs is 1. The van der Waals surface area contributed by atoms with Crippen molar-refractivity contribution in [2.75, 3.05) is 7.11 Å². The molecule has 0 bridgehead atoms. The number of hydrogen-bond acceptors (Lipinski definition) is 1. The van der Waals surface area contributed by atoms with Gasteiger partial charge in [0.1, 0.15) is 5.75 Å². The van der Waals surface area contributed by atoms with Crippen molar-refractivity contribution in [1.82, 2.24) is 4.98 Å². The molecular weight excluding hydrogens is 174 g/mol. The van der Waals surface area contributed by atoms with Gasteiger partial charge < -0.3 is 9.72 Å². The van der Waals surface area contributed by atoms with E-state index in [1.807, 2.05) is 6.07 Å². The van der Waals surface area contributed by atoms with E-state index in [0.717, 1.165) is 11.7 Å².